The van der Waals surface area contributed by atoms with Gasteiger partial charge in [-0.25, -0.2) is 0 Å². The fourth-order valence-corrected chi connectivity index (χ4v) is 2.03. The van der Waals surface area contributed by atoms with Gasteiger partial charge in [-0.15, -0.1) is 0 Å². The van der Waals surface area contributed by atoms with Gasteiger partial charge in [-0.3, -0.25) is 4.57 Å². The Balaban J connectivity index is -0.0000000638. The highest BCUT2D eigenvalue weighted by molar-refractivity contribution is 7.51. The van der Waals surface area contributed by atoms with Crippen LogP contribution >= 0.6 is 7.60 Å². The first-order chi connectivity index (χ1) is 14.8. The van der Waals surface area contributed by atoms with E-state index in [2.05, 4.69) is 116 Å². The van der Waals surface area contributed by atoms with Crippen molar-refractivity contribution in [2.45, 2.75) is 95.9 Å². The molecule has 0 aliphatic carbocycles. The van der Waals surface area contributed by atoms with Crippen LogP contribution in [-0.4, -0.2) is 48.1 Å². The molecule has 6 heteroatoms. The van der Waals surface area contributed by atoms with Crippen molar-refractivity contribution >= 4 is 7.60 Å². The van der Waals surface area contributed by atoms with Crippen molar-refractivity contribution in [1.82, 2.24) is 0 Å². The zero-order valence-corrected chi connectivity index (χ0v) is 24.0. The molecule has 2 rings (SSSR count). The molecule has 0 aromatic heterocycles. The minimum absolute atomic E-state index is 0. The molecule has 0 heterocycles. The standard InChI is InChI=1S/2C10H14.C5H14N.C2H7O3P.4CH4.ClH/c2*1-3-9(2)10-7-5-4-6-8-10;1-5-6(2,3)4;1-2-6(3,4)5;;;;;/h2*4-9H,3H2,1-2H3;5H2,1-4H3;2H2,1H3,(H2,3,4,5);4*1H4;1H/q;;+1;;;;;;/p-1. The highest BCUT2D eigenvalue weighted by Crippen LogP contribution is 2.32. The molecule has 37 heavy (non-hydrogen) atoms. The van der Waals surface area contributed by atoms with Gasteiger partial charge in [0.05, 0.1) is 27.7 Å². The van der Waals surface area contributed by atoms with Gasteiger partial charge in [0.25, 0.3) is 0 Å². The van der Waals surface area contributed by atoms with Crippen LogP contribution in [0.2, 0.25) is 0 Å². The molecule has 2 N–H and O–H groups in total. The average molecular weight is 566 g/mol. The van der Waals surface area contributed by atoms with Gasteiger partial charge in [-0.2, -0.15) is 0 Å². The van der Waals surface area contributed by atoms with Crippen LogP contribution in [-0.2, 0) is 4.57 Å². The number of halogens is 1. The maximum absolute atomic E-state index is 9.69. The molecule has 0 aliphatic rings. The number of rotatable bonds is 6. The van der Waals surface area contributed by atoms with Gasteiger partial charge in [0.2, 0.25) is 0 Å². The third-order valence-corrected chi connectivity index (χ3v) is 6.15. The molecular weight excluding hydrogens is 501 g/mol. The monoisotopic (exact) mass is 565 g/mol. The van der Waals surface area contributed by atoms with Gasteiger partial charge in [0.1, 0.15) is 0 Å². The molecule has 0 saturated carbocycles. The number of hydrogen-bond donors (Lipinski definition) is 2. The maximum Gasteiger partial charge on any atom is 0.325 e. The predicted molar refractivity (Wildman–Crippen MR) is 168 cm³/mol. The first-order valence-corrected chi connectivity index (χ1v) is 13.6. The van der Waals surface area contributed by atoms with E-state index in [0.29, 0.717) is 11.8 Å². The highest BCUT2D eigenvalue weighted by Gasteiger charge is 2.05. The summed E-state index contributed by atoms with van der Waals surface area (Å²) in [6.45, 7) is 13.8. The summed E-state index contributed by atoms with van der Waals surface area (Å²) in [6, 6.07) is 21.3. The summed E-state index contributed by atoms with van der Waals surface area (Å²) in [7, 11) is 2.90. The van der Waals surface area contributed by atoms with Gasteiger partial charge in [-0.05, 0) is 42.7 Å². The lowest BCUT2D eigenvalue weighted by Crippen LogP contribution is -3.00. The Bertz CT molecular complexity index is 671. The van der Waals surface area contributed by atoms with Gasteiger partial charge >= 0.3 is 7.60 Å². The van der Waals surface area contributed by atoms with Crippen molar-refractivity contribution in [2.75, 3.05) is 33.8 Å². The lowest BCUT2D eigenvalue weighted by atomic mass is 9.99. The van der Waals surface area contributed by atoms with Crippen LogP contribution in [0.25, 0.3) is 0 Å². The molecule has 0 fully saturated rings. The van der Waals surface area contributed by atoms with Crippen molar-refractivity contribution in [2.24, 2.45) is 0 Å². The largest absolute Gasteiger partial charge is 1.00 e. The maximum atomic E-state index is 9.69. The number of benzene rings is 2. The van der Waals surface area contributed by atoms with Gasteiger partial charge in [0.15, 0.2) is 0 Å². The second-order valence-corrected chi connectivity index (χ2v) is 11.0. The second-order valence-electron chi connectivity index (χ2n) is 9.03. The van der Waals surface area contributed by atoms with E-state index in [4.69, 9.17) is 9.79 Å². The quantitative estimate of drug-likeness (QED) is 0.297. The Morgan fingerprint density at radius 2 is 0.892 bits per heavy atom. The first kappa shape index (κ1) is 52.3. The fourth-order valence-electron chi connectivity index (χ4n) is 2.03. The van der Waals surface area contributed by atoms with E-state index < -0.39 is 7.60 Å². The van der Waals surface area contributed by atoms with E-state index in [1.54, 1.807) is 0 Å². The van der Waals surface area contributed by atoms with Crippen LogP contribution in [0.1, 0.15) is 107 Å². The Kier molecular flexibility index (Phi) is 41.6. The Labute approximate surface area is 240 Å². The van der Waals surface area contributed by atoms with Crippen LogP contribution in [0.4, 0.5) is 0 Å². The number of quaternary nitrogens is 1. The Morgan fingerprint density at radius 1 is 0.676 bits per heavy atom. The van der Waals surface area contributed by atoms with E-state index in [1.165, 1.54) is 37.4 Å². The minimum atomic E-state index is -3.65. The molecule has 2 aromatic carbocycles. The topological polar surface area (TPSA) is 57.5 Å². The summed E-state index contributed by atoms with van der Waals surface area (Å²) in [6.07, 6.45) is 2.39. The van der Waals surface area contributed by atoms with Crippen molar-refractivity contribution in [3.05, 3.63) is 71.8 Å². The molecule has 0 aliphatic heterocycles. The number of hydrogen-bond acceptors (Lipinski definition) is 1. The third-order valence-electron chi connectivity index (χ3n) is 5.32. The second kappa shape index (κ2) is 29.4. The Hall–Kier alpha value is -1.16. The van der Waals surface area contributed by atoms with Crippen LogP contribution in [0.15, 0.2) is 60.7 Å². The average Bonchev–Trinajstić information content (AvgIpc) is 2.79. The number of nitrogens with zero attached hydrogens (tertiary/aromatic N) is 1. The summed E-state index contributed by atoms with van der Waals surface area (Å²) in [5, 5.41) is 0. The van der Waals surface area contributed by atoms with Gasteiger partial charge < -0.3 is 26.7 Å². The van der Waals surface area contributed by atoms with Crippen LogP contribution in [0, 0.1) is 0 Å². The first-order valence-electron chi connectivity index (χ1n) is 11.8. The van der Waals surface area contributed by atoms with Crippen LogP contribution < -0.4 is 12.4 Å². The lowest BCUT2D eigenvalue weighted by molar-refractivity contribution is -0.868. The minimum Gasteiger partial charge on any atom is -1.00 e. The summed E-state index contributed by atoms with van der Waals surface area (Å²) < 4.78 is 10.8. The van der Waals surface area contributed by atoms with Crippen molar-refractivity contribution < 1.29 is 31.2 Å². The molecule has 2 atom stereocenters. The van der Waals surface area contributed by atoms with Crippen LogP contribution in [0.3, 0.4) is 0 Å². The molecule has 0 saturated heterocycles. The zero-order chi connectivity index (χ0) is 25.2. The summed E-state index contributed by atoms with van der Waals surface area (Å²) in [4.78, 5) is 15.9. The Morgan fingerprint density at radius 3 is 1.03 bits per heavy atom. The van der Waals surface area contributed by atoms with E-state index in [0.717, 1.165) is 4.48 Å². The van der Waals surface area contributed by atoms with Crippen LogP contribution in [0.5, 0.6) is 0 Å². The molecular formula is C31H65ClNO3P. The molecule has 2 aromatic rings. The van der Waals surface area contributed by atoms with E-state index in [-0.39, 0.29) is 48.3 Å². The van der Waals surface area contributed by atoms with Crippen molar-refractivity contribution in [3.63, 3.8) is 0 Å². The molecule has 2 unspecified atom stereocenters. The summed E-state index contributed by atoms with van der Waals surface area (Å²) in [5.41, 5.74) is 2.90. The summed E-state index contributed by atoms with van der Waals surface area (Å²) in [5.74, 6) is 1.42. The SMILES string of the molecule is C.C.C.C.CCC(C)c1ccccc1.CCC(C)c1ccccc1.CCP(=O)(O)O.CC[N+](C)(C)C.[Cl-]. The molecule has 4 nitrogen and oxygen atoms in total. The van der Waals surface area contributed by atoms with E-state index in [1.807, 2.05) is 0 Å². The molecule has 224 valence electrons. The van der Waals surface area contributed by atoms with E-state index >= 15 is 0 Å². The molecule has 0 spiro atoms. The predicted octanol–water partition coefficient (Wildman–Crippen LogP) is 6.85. The van der Waals surface area contributed by atoms with E-state index in [9.17, 15) is 4.57 Å². The normalized spacial score (nSPS) is 10.9. The highest BCUT2D eigenvalue weighted by atomic mass is 35.5. The van der Waals surface area contributed by atoms with Crippen molar-refractivity contribution in [3.8, 4) is 0 Å². The third kappa shape index (κ3) is 34.8. The summed E-state index contributed by atoms with van der Waals surface area (Å²) >= 11 is 0. The molecule has 0 amide bonds. The smallest absolute Gasteiger partial charge is 0.325 e. The zero-order valence-electron chi connectivity index (χ0n) is 22.3. The molecule has 0 bridgehead atoms. The van der Waals surface area contributed by atoms with Gasteiger partial charge in [-0.1, -0.05) is 125 Å². The lowest BCUT2D eigenvalue weighted by Gasteiger charge is -2.20. The van der Waals surface area contributed by atoms with Crippen molar-refractivity contribution in [1.29, 1.82) is 0 Å². The van der Waals surface area contributed by atoms with Gasteiger partial charge in [0, 0.05) is 6.16 Å². The fraction of sp³-hybridized carbons (Fsp3) is 0.613. The molecule has 0 radical (unpaired) electrons.